The SMILES string of the molecule is COc1cccc(CC(=O)N2CCN(C[C@@]34C[C@@H]3CN(C(=O)OC(C)(C)C)C4)CC2)c1. The number of piperidine rings is 1. The summed E-state index contributed by atoms with van der Waals surface area (Å²) in [6, 6.07) is 7.72. The molecule has 1 aliphatic carbocycles. The van der Waals surface area contributed by atoms with Crippen molar-refractivity contribution in [2.45, 2.75) is 39.2 Å². The van der Waals surface area contributed by atoms with Crippen molar-refractivity contribution in [2.75, 3.05) is 52.9 Å². The summed E-state index contributed by atoms with van der Waals surface area (Å²) >= 11 is 0. The van der Waals surface area contributed by atoms with Crippen molar-refractivity contribution in [3.05, 3.63) is 29.8 Å². The van der Waals surface area contributed by atoms with Crippen molar-refractivity contribution in [1.29, 1.82) is 0 Å². The van der Waals surface area contributed by atoms with Crippen LogP contribution in [0.5, 0.6) is 5.75 Å². The van der Waals surface area contributed by atoms with Crippen LogP contribution in [0.15, 0.2) is 24.3 Å². The summed E-state index contributed by atoms with van der Waals surface area (Å²) in [4.78, 5) is 31.5. The van der Waals surface area contributed by atoms with Crippen LogP contribution in [-0.4, -0.2) is 85.2 Å². The Balaban J connectivity index is 1.23. The Hall–Kier alpha value is -2.28. The van der Waals surface area contributed by atoms with Gasteiger partial charge in [0.2, 0.25) is 5.91 Å². The highest BCUT2D eigenvalue weighted by Crippen LogP contribution is 2.58. The molecule has 0 radical (unpaired) electrons. The summed E-state index contributed by atoms with van der Waals surface area (Å²) in [6.45, 7) is 11.7. The van der Waals surface area contributed by atoms with Crippen molar-refractivity contribution in [3.8, 4) is 5.75 Å². The van der Waals surface area contributed by atoms with E-state index in [4.69, 9.17) is 9.47 Å². The number of methoxy groups -OCH3 is 1. The predicted octanol–water partition coefficient (Wildman–Crippen LogP) is 2.64. The maximum Gasteiger partial charge on any atom is 0.410 e. The third-order valence-corrected chi connectivity index (χ3v) is 6.71. The highest BCUT2D eigenvalue weighted by Gasteiger charge is 2.61. The van der Waals surface area contributed by atoms with E-state index >= 15 is 0 Å². The maximum atomic E-state index is 12.7. The molecular formula is C24H35N3O4. The van der Waals surface area contributed by atoms with Gasteiger partial charge in [0.1, 0.15) is 11.4 Å². The Kier molecular flexibility index (Phi) is 5.90. The van der Waals surface area contributed by atoms with E-state index in [2.05, 4.69) is 4.90 Å². The first kappa shape index (κ1) is 21.9. The number of fused-ring (bicyclic) bond motifs is 1. The molecule has 31 heavy (non-hydrogen) atoms. The second-order valence-electron chi connectivity index (χ2n) is 10.3. The lowest BCUT2D eigenvalue weighted by Gasteiger charge is -2.36. The average molecular weight is 430 g/mol. The summed E-state index contributed by atoms with van der Waals surface area (Å²) in [6.07, 6.45) is 1.42. The molecule has 2 saturated heterocycles. The van der Waals surface area contributed by atoms with Crippen molar-refractivity contribution < 1.29 is 19.1 Å². The zero-order valence-electron chi connectivity index (χ0n) is 19.2. The van der Waals surface area contributed by atoms with Crippen LogP contribution in [0.2, 0.25) is 0 Å². The van der Waals surface area contributed by atoms with E-state index < -0.39 is 5.60 Å². The molecule has 2 heterocycles. The van der Waals surface area contributed by atoms with Crippen LogP contribution in [0, 0.1) is 11.3 Å². The van der Waals surface area contributed by atoms with Gasteiger partial charge in [0.25, 0.3) is 0 Å². The zero-order valence-corrected chi connectivity index (χ0v) is 19.2. The molecule has 1 aromatic carbocycles. The fourth-order valence-corrected chi connectivity index (χ4v) is 4.97. The van der Waals surface area contributed by atoms with E-state index in [1.807, 2.05) is 54.8 Å². The Morgan fingerprint density at radius 1 is 1.13 bits per heavy atom. The van der Waals surface area contributed by atoms with E-state index in [0.717, 1.165) is 57.1 Å². The van der Waals surface area contributed by atoms with E-state index in [1.54, 1.807) is 7.11 Å². The molecule has 0 bridgehead atoms. The van der Waals surface area contributed by atoms with Gasteiger partial charge in [0.05, 0.1) is 13.5 Å². The first-order valence-electron chi connectivity index (χ1n) is 11.3. The number of piperazine rings is 1. The Bertz CT molecular complexity index is 828. The number of likely N-dealkylation sites (tertiary alicyclic amines) is 1. The van der Waals surface area contributed by atoms with Crippen molar-refractivity contribution in [3.63, 3.8) is 0 Å². The van der Waals surface area contributed by atoms with Gasteiger partial charge >= 0.3 is 6.09 Å². The number of carbonyl (C=O) groups excluding carboxylic acids is 2. The van der Waals surface area contributed by atoms with Crippen molar-refractivity contribution >= 4 is 12.0 Å². The molecule has 3 aliphatic rings. The fourth-order valence-electron chi connectivity index (χ4n) is 4.97. The second-order valence-corrected chi connectivity index (χ2v) is 10.3. The number of rotatable bonds is 5. The molecule has 0 spiro atoms. The molecule has 1 aromatic rings. The lowest BCUT2D eigenvalue weighted by Crippen LogP contribution is -2.51. The van der Waals surface area contributed by atoms with Gasteiger partial charge in [0.15, 0.2) is 0 Å². The highest BCUT2D eigenvalue weighted by molar-refractivity contribution is 5.79. The Morgan fingerprint density at radius 2 is 1.87 bits per heavy atom. The van der Waals surface area contributed by atoms with Gasteiger partial charge in [-0.1, -0.05) is 12.1 Å². The van der Waals surface area contributed by atoms with Gasteiger partial charge in [-0.15, -0.1) is 0 Å². The largest absolute Gasteiger partial charge is 0.497 e. The second kappa shape index (κ2) is 8.34. The number of ether oxygens (including phenoxy) is 2. The van der Waals surface area contributed by atoms with Crippen LogP contribution in [0.1, 0.15) is 32.8 Å². The number of carbonyl (C=O) groups is 2. The fraction of sp³-hybridized carbons (Fsp3) is 0.667. The summed E-state index contributed by atoms with van der Waals surface area (Å²) < 4.78 is 10.8. The van der Waals surface area contributed by atoms with E-state index in [1.165, 1.54) is 6.42 Å². The topological polar surface area (TPSA) is 62.3 Å². The average Bonchev–Trinajstić information content (AvgIpc) is 3.25. The summed E-state index contributed by atoms with van der Waals surface area (Å²) in [7, 11) is 1.64. The van der Waals surface area contributed by atoms with Crippen LogP contribution in [0.4, 0.5) is 4.79 Å². The van der Waals surface area contributed by atoms with Gasteiger partial charge in [-0.2, -0.15) is 0 Å². The predicted molar refractivity (Wildman–Crippen MR) is 118 cm³/mol. The number of amides is 2. The van der Waals surface area contributed by atoms with Crippen LogP contribution >= 0.6 is 0 Å². The van der Waals surface area contributed by atoms with Gasteiger partial charge in [-0.3, -0.25) is 9.69 Å². The number of hydrogen-bond donors (Lipinski definition) is 0. The van der Waals surface area contributed by atoms with Crippen molar-refractivity contribution in [1.82, 2.24) is 14.7 Å². The maximum absolute atomic E-state index is 12.7. The third kappa shape index (κ3) is 5.14. The molecule has 2 aliphatic heterocycles. The van der Waals surface area contributed by atoms with Gasteiger partial charge < -0.3 is 19.3 Å². The third-order valence-electron chi connectivity index (χ3n) is 6.71. The monoisotopic (exact) mass is 429 g/mol. The summed E-state index contributed by atoms with van der Waals surface area (Å²) in [5.74, 6) is 1.55. The van der Waals surface area contributed by atoms with Gasteiger partial charge in [-0.05, 0) is 50.8 Å². The molecule has 0 aromatic heterocycles. The standard InChI is InChI=1S/C24H35N3O4/c1-23(2,3)31-22(29)27-15-19-14-24(19,17-27)16-25-8-10-26(11-9-25)21(28)13-18-6-5-7-20(12-18)30-4/h5-7,12,19H,8-11,13-17H2,1-4H3/t19-,24-/m1/s1. The number of nitrogens with zero attached hydrogens (tertiary/aromatic N) is 3. The molecule has 0 unspecified atom stereocenters. The van der Waals surface area contributed by atoms with Crippen molar-refractivity contribution in [2.24, 2.45) is 11.3 Å². The molecule has 2 amide bonds. The lowest BCUT2D eigenvalue weighted by molar-refractivity contribution is -0.132. The Morgan fingerprint density at radius 3 is 2.55 bits per heavy atom. The van der Waals surface area contributed by atoms with E-state index in [9.17, 15) is 9.59 Å². The molecule has 0 N–H and O–H groups in total. The molecule has 3 fully saturated rings. The van der Waals surface area contributed by atoms with Crippen LogP contribution < -0.4 is 4.74 Å². The zero-order chi connectivity index (χ0) is 22.2. The van der Waals surface area contributed by atoms with E-state index in [-0.39, 0.29) is 17.4 Å². The Labute approximate surface area is 185 Å². The molecule has 170 valence electrons. The van der Waals surface area contributed by atoms with Crippen LogP contribution in [0.3, 0.4) is 0 Å². The minimum absolute atomic E-state index is 0.173. The minimum atomic E-state index is -0.454. The molecular weight excluding hydrogens is 394 g/mol. The van der Waals surface area contributed by atoms with Crippen LogP contribution in [0.25, 0.3) is 0 Å². The van der Waals surface area contributed by atoms with E-state index in [0.29, 0.717) is 12.3 Å². The molecule has 2 atom stereocenters. The quantitative estimate of drug-likeness (QED) is 0.720. The van der Waals surface area contributed by atoms with Crippen LogP contribution in [-0.2, 0) is 16.0 Å². The number of benzene rings is 1. The summed E-state index contributed by atoms with van der Waals surface area (Å²) in [5.41, 5.74) is 0.758. The first-order valence-corrected chi connectivity index (χ1v) is 11.3. The number of hydrogen-bond acceptors (Lipinski definition) is 5. The summed E-state index contributed by atoms with van der Waals surface area (Å²) in [5, 5.41) is 0. The normalized spacial score (nSPS) is 25.9. The highest BCUT2D eigenvalue weighted by atomic mass is 16.6. The van der Waals surface area contributed by atoms with Gasteiger partial charge in [-0.25, -0.2) is 4.79 Å². The first-order chi connectivity index (χ1) is 14.7. The lowest BCUT2D eigenvalue weighted by atomic mass is 10.0. The molecule has 4 rings (SSSR count). The molecule has 7 nitrogen and oxygen atoms in total. The van der Waals surface area contributed by atoms with Gasteiger partial charge in [0, 0.05) is 51.2 Å². The minimum Gasteiger partial charge on any atom is -0.497 e. The molecule has 7 heteroatoms. The molecule has 1 saturated carbocycles. The smallest absolute Gasteiger partial charge is 0.410 e.